The maximum Gasteiger partial charge on any atom is 0.254 e. The number of fused-ring (bicyclic) bond motifs is 2. The van der Waals surface area contributed by atoms with Gasteiger partial charge in [0.15, 0.2) is 5.72 Å². The number of rotatable bonds is 1. The van der Waals surface area contributed by atoms with Crippen LogP contribution in [-0.2, 0) is 5.72 Å². The second kappa shape index (κ2) is 4.17. The molecule has 4 rings (SSSR count). The molecule has 3 nitrogen and oxygen atoms in total. The Hall–Kier alpha value is -2.65. The van der Waals surface area contributed by atoms with Crippen LogP contribution in [0.3, 0.4) is 0 Å². The molecule has 0 spiro atoms. The topological polar surface area (TPSA) is 49.3 Å². The Morgan fingerprint density at radius 1 is 0.857 bits per heavy atom. The second-order valence-corrected chi connectivity index (χ2v) is 5.27. The maximum absolute atomic E-state index is 12.0. The van der Waals surface area contributed by atoms with Crippen LogP contribution < -0.4 is 5.32 Å². The fourth-order valence-corrected chi connectivity index (χ4v) is 2.94. The summed E-state index contributed by atoms with van der Waals surface area (Å²) in [6, 6.07) is 20.8. The van der Waals surface area contributed by atoms with Gasteiger partial charge in [0, 0.05) is 16.7 Å². The van der Waals surface area contributed by atoms with E-state index in [1.807, 2.05) is 48.5 Å². The Labute approximate surface area is 121 Å². The van der Waals surface area contributed by atoms with Crippen LogP contribution in [0.5, 0.6) is 0 Å². The number of carbonyl (C=O) groups is 1. The number of hydrogen-bond acceptors (Lipinski definition) is 2. The van der Waals surface area contributed by atoms with Gasteiger partial charge >= 0.3 is 0 Å². The molecule has 1 unspecified atom stereocenters. The van der Waals surface area contributed by atoms with Crippen molar-refractivity contribution in [3.8, 4) is 0 Å². The van der Waals surface area contributed by atoms with E-state index >= 15 is 0 Å². The minimum atomic E-state index is -1.46. The third-order valence-electron chi connectivity index (χ3n) is 4.02. The minimum absolute atomic E-state index is 0.249. The van der Waals surface area contributed by atoms with Gasteiger partial charge in [-0.15, -0.1) is 0 Å². The highest BCUT2D eigenvalue weighted by Gasteiger charge is 2.42. The highest BCUT2D eigenvalue weighted by molar-refractivity contribution is 6.00. The summed E-state index contributed by atoms with van der Waals surface area (Å²) in [5.41, 5.74) is 0.329. The molecular weight excluding hydrogens is 262 g/mol. The number of benzene rings is 3. The molecule has 0 saturated carbocycles. The SMILES string of the molecule is O=C1NC(O)(c2ccc3ccccc3c2)c2ccccc21. The number of carbonyl (C=O) groups excluding carboxylic acids is 1. The van der Waals surface area contributed by atoms with Gasteiger partial charge in [0.2, 0.25) is 0 Å². The van der Waals surface area contributed by atoms with E-state index in [2.05, 4.69) is 5.32 Å². The van der Waals surface area contributed by atoms with Gasteiger partial charge in [-0.05, 0) is 22.9 Å². The van der Waals surface area contributed by atoms with E-state index in [1.54, 1.807) is 18.2 Å². The molecule has 1 aliphatic rings. The van der Waals surface area contributed by atoms with Crippen molar-refractivity contribution in [2.24, 2.45) is 0 Å². The zero-order valence-electron chi connectivity index (χ0n) is 11.2. The van der Waals surface area contributed by atoms with Crippen molar-refractivity contribution in [2.75, 3.05) is 0 Å². The summed E-state index contributed by atoms with van der Waals surface area (Å²) >= 11 is 0. The molecule has 1 heterocycles. The van der Waals surface area contributed by atoms with E-state index in [1.165, 1.54) is 0 Å². The summed E-state index contributed by atoms with van der Waals surface area (Å²) < 4.78 is 0. The number of aliphatic hydroxyl groups is 1. The summed E-state index contributed by atoms with van der Waals surface area (Å²) in [4.78, 5) is 12.0. The van der Waals surface area contributed by atoms with Gasteiger partial charge in [0.25, 0.3) is 5.91 Å². The zero-order chi connectivity index (χ0) is 14.4. The van der Waals surface area contributed by atoms with E-state index in [0.717, 1.165) is 10.8 Å². The monoisotopic (exact) mass is 275 g/mol. The minimum Gasteiger partial charge on any atom is -0.363 e. The largest absolute Gasteiger partial charge is 0.363 e. The molecule has 21 heavy (non-hydrogen) atoms. The summed E-state index contributed by atoms with van der Waals surface area (Å²) in [5.74, 6) is -0.249. The average Bonchev–Trinajstić information content (AvgIpc) is 2.80. The fraction of sp³-hybridized carbons (Fsp3) is 0.0556. The molecule has 1 amide bonds. The molecule has 102 valence electrons. The molecule has 0 aromatic heterocycles. The van der Waals surface area contributed by atoms with Gasteiger partial charge in [-0.3, -0.25) is 4.79 Å². The van der Waals surface area contributed by atoms with Crippen LogP contribution in [0.1, 0.15) is 21.5 Å². The van der Waals surface area contributed by atoms with Crippen molar-refractivity contribution in [3.63, 3.8) is 0 Å². The van der Waals surface area contributed by atoms with E-state index in [0.29, 0.717) is 16.7 Å². The van der Waals surface area contributed by atoms with Crippen LogP contribution in [0, 0.1) is 0 Å². The molecule has 3 aromatic rings. The lowest BCUT2D eigenvalue weighted by atomic mass is 9.93. The first-order valence-corrected chi connectivity index (χ1v) is 6.82. The Balaban J connectivity index is 1.94. The van der Waals surface area contributed by atoms with Gasteiger partial charge in [-0.1, -0.05) is 54.6 Å². The Morgan fingerprint density at radius 3 is 2.43 bits per heavy atom. The van der Waals surface area contributed by atoms with Crippen molar-refractivity contribution < 1.29 is 9.90 Å². The Morgan fingerprint density at radius 2 is 1.57 bits per heavy atom. The summed E-state index contributed by atoms with van der Waals surface area (Å²) in [6.07, 6.45) is 0. The molecular formula is C18H13NO2. The van der Waals surface area contributed by atoms with Crippen LogP contribution in [-0.4, -0.2) is 11.0 Å². The highest BCUT2D eigenvalue weighted by atomic mass is 16.3. The van der Waals surface area contributed by atoms with Crippen molar-refractivity contribution >= 4 is 16.7 Å². The summed E-state index contributed by atoms with van der Waals surface area (Å²) in [5, 5.41) is 15.8. The maximum atomic E-state index is 12.0. The smallest absolute Gasteiger partial charge is 0.254 e. The third kappa shape index (κ3) is 1.68. The van der Waals surface area contributed by atoms with Gasteiger partial charge in [0.1, 0.15) is 0 Å². The predicted octanol–water partition coefficient (Wildman–Crippen LogP) is 2.78. The molecule has 0 fully saturated rings. The quantitative estimate of drug-likeness (QED) is 0.717. The molecule has 2 N–H and O–H groups in total. The number of nitrogens with one attached hydrogen (secondary N) is 1. The van der Waals surface area contributed by atoms with E-state index in [4.69, 9.17) is 0 Å². The predicted molar refractivity (Wildman–Crippen MR) is 80.9 cm³/mol. The number of hydrogen-bond donors (Lipinski definition) is 2. The lowest BCUT2D eigenvalue weighted by Gasteiger charge is -2.24. The van der Waals surface area contributed by atoms with Crippen molar-refractivity contribution in [3.05, 3.63) is 83.4 Å². The van der Waals surface area contributed by atoms with E-state index in [-0.39, 0.29) is 5.91 Å². The van der Waals surface area contributed by atoms with E-state index < -0.39 is 5.72 Å². The standard InChI is InChI=1S/C18H13NO2/c20-17-15-7-3-4-8-16(15)18(21,19-17)14-10-9-12-5-1-2-6-13(12)11-14/h1-11,21H,(H,19,20). The molecule has 0 bridgehead atoms. The Kier molecular flexibility index (Phi) is 2.41. The van der Waals surface area contributed by atoms with Crippen LogP contribution >= 0.6 is 0 Å². The summed E-state index contributed by atoms with van der Waals surface area (Å²) in [7, 11) is 0. The van der Waals surface area contributed by atoms with Gasteiger partial charge in [-0.2, -0.15) is 0 Å². The second-order valence-electron chi connectivity index (χ2n) is 5.27. The first-order chi connectivity index (χ1) is 10.2. The van der Waals surface area contributed by atoms with Crippen LogP contribution in [0.4, 0.5) is 0 Å². The van der Waals surface area contributed by atoms with E-state index in [9.17, 15) is 9.90 Å². The molecule has 0 radical (unpaired) electrons. The number of amides is 1. The normalized spacial score (nSPS) is 20.3. The van der Waals surface area contributed by atoms with Crippen molar-refractivity contribution in [1.82, 2.24) is 5.32 Å². The highest BCUT2D eigenvalue weighted by Crippen LogP contribution is 2.35. The molecule has 3 heteroatoms. The molecule has 3 aromatic carbocycles. The summed E-state index contributed by atoms with van der Waals surface area (Å²) in [6.45, 7) is 0. The lowest BCUT2D eigenvalue weighted by Crippen LogP contribution is -2.40. The fourth-order valence-electron chi connectivity index (χ4n) is 2.94. The third-order valence-corrected chi connectivity index (χ3v) is 4.02. The zero-order valence-corrected chi connectivity index (χ0v) is 11.2. The first-order valence-electron chi connectivity index (χ1n) is 6.82. The molecule has 1 atom stereocenters. The lowest BCUT2D eigenvalue weighted by molar-refractivity contribution is 0.0477. The van der Waals surface area contributed by atoms with Gasteiger partial charge in [-0.25, -0.2) is 0 Å². The van der Waals surface area contributed by atoms with Crippen molar-refractivity contribution in [1.29, 1.82) is 0 Å². The van der Waals surface area contributed by atoms with Gasteiger partial charge < -0.3 is 10.4 Å². The van der Waals surface area contributed by atoms with Crippen LogP contribution in [0.25, 0.3) is 10.8 Å². The van der Waals surface area contributed by atoms with Gasteiger partial charge in [0.05, 0.1) is 0 Å². The van der Waals surface area contributed by atoms with Crippen LogP contribution in [0.15, 0.2) is 66.7 Å². The molecule has 1 aliphatic heterocycles. The van der Waals surface area contributed by atoms with Crippen molar-refractivity contribution in [2.45, 2.75) is 5.72 Å². The molecule has 0 saturated heterocycles. The molecule has 0 aliphatic carbocycles. The Bertz CT molecular complexity index is 872. The average molecular weight is 275 g/mol. The first kappa shape index (κ1) is 12.1. The van der Waals surface area contributed by atoms with Crippen LogP contribution in [0.2, 0.25) is 0 Å².